The molecule has 0 fully saturated rings. The first-order chi connectivity index (χ1) is 11.9. The van der Waals surface area contributed by atoms with Crippen LogP contribution in [0.25, 0.3) is 5.69 Å². The zero-order chi connectivity index (χ0) is 19.9. The van der Waals surface area contributed by atoms with Gasteiger partial charge in [0, 0.05) is 58.4 Å². The van der Waals surface area contributed by atoms with Gasteiger partial charge in [-0.05, 0) is 19.1 Å². The van der Waals surface area contributed by atoms with Gasteiger partial charge >= 0.3 is 11.9 Å². The minimum absolute atomic E-state index is 0. The van der Waals surface area contributed by atoms with Crippen LogP contribution in [-0.2, 0) is 23.2 Å². The van der Waals surface area contributed by atoms with Crippen LogP contribution in [0.3, 0.4) is 0 Å². The van der Waals surface area contributed by atoms with E-state index in [0.717, 1.165) is 13.1 Å². The molecule has 1 heterocycles. The maximum Gasteiger partial charge on any atom is 0.451 e. The van der Waals surface area contributed by atoms with E-state index in [9.17, 15) is 30.8 Å². The molecule has 0 bridgehead atoms. The molecular weight excluding hydrogens is 421 g/mol. The molecule has 0 aliphatic carbocycles. The number of sulfonamides is 1. The molecule has 0 amide bonds. The summed E-state index contributed by atoms with van der Waals surface area (Å²) in [5.41, 5.74) is -2.85. The second kappa shape index (κ2) is 8.41. The number of anilines is 1. The zero-order valence-corrected chi connectivity index (χ0v) is 18.2. The van der Waals surface area contributed by atoms with E-state index >= 15 is 0 Å². The van der Waals surface area contributed by atoms with Gasteiger partial charge in [-0.15, -0.1) is 5.10 Å². The Morgan fingerprint density at radius 2 is 1.93 bits per heavy atom. The average molecular weight is 432 g/mol. The minimum atomic E-state index is -4.96. The maximum atomic E-state index is 14.2. The van der Waals surface area contributed by atoms with Crippen LogP contribution in [-0.4, -0.2) is 79.9 Å². The Bertz CT molecular complexity index is 1070. The Labute approximate surface area is 193 Å². The van der Waals surface area contributed by atoms with Gasteiger partial charge in [-0.2, -0.15) is 23.1 Å². The summed E-state index contributed by atoms with van der Waals surface area (Å²) in [5, 5.41) is 12.1. The van der Waals surface area contributed by atoms with Crippen molar-refractivity contribution in [1.82, 2.24) is 14.3 Å². The summed E-state index contributed by atoms with van der Waals surface area (Å²) in [6, 6.07) is 2.88. The topological polar surface area (TPSA) is 110 Å². The Morgan fingerprint density at radius 3 is 2.37 bits per heavy atom. The van der Waals surface area contributed by atoms with Crippen LogP contribution < -0.4 is 10.4 Å². The molecule has 14 heteroatoms. The predicted molar refractivity (Wildman–Crippen MR) is 87.3 cm³/mol. The summed E-state index contributed by atoms with van der Waals surface area (Å²) in [6.07, 6.45) is -4.96. The smallest absolute Gasteiger partial charge is 0.282 e. The van der Waals surface area contributed by atoms with Gasteiger partial charge in [-0.1, -0.05) is 0 Å². The van der Waals surface area contributed by atoms with Gasteiger partial charge in [-0.3, -0.25) is 9.29 Å². The molecule has 8 nitrogen and oxygen atoms in total. The van der Waals surface area contributed by atoms with Gasteiger partial charge in [0.25, 0.3) is 0 Å². The first-order valence-corrected chi connectivity index (χ1v) is 8.54. The summed E-state index contributed by atoms with van der Waals surface area (Å²) < 4.78 is 78.5. The number of nitriles is 1. The van der Waals surface area contributed by atoms with E-state index in [2.05, 4.69) is 5.10 Å². The van der Waals surface area contributed by atoms with Crippen molar-refractivity contribution in [2.24, 2.45) is 7.05 Å². The quantitative estimate of drug-likeness (QED) is 0.572. The van der Waals surface area contributed by atoms with Gasteiger partial charge in [-0.25, -0.2) is 17.6 Å². The second-order valence-corrected chi connectivity index (χ2v) is 7.05. The third-order valence-electron chi connectivity index (χ3n) is 3.32. The molecule has 1 aromatic carbocycles. The Morgan fingerprint density at radius 1 is 1.33 bits per heavy atom. The van der Waals surface area contributed by atoms with Crippen LogP contribution in [0.4, 0.5) is 23.2 Å². The molecule has 141 valence electrons. The van der Waals surface area contributed by atoms with Crippen LogP contribution in [0.1, 0.15) is 18.3 Å². The molecule has 0 aliphatic heterocycles. The molecule has 1 radical (unpaired) electrons. The van der Waals surface area contributed by atoms with Crippen LogP contribution >= 0.6 is 0 Å². The summed E-state index contributed by atoms with van der Waals surface area (Å²) in [6.45, 7) is 1.30. The zero-order valence-electron chi connectivity index (χ0n) is 14.3. The SMILES string of the molecule is CCS(=O)(=O)Nc1cc(-n2nc(C(F)(F)F)n(C)c2=O)c(F)cc1C#N.[K]. The summed E-state index contributed by atoms with van der Waals surface area (Å²) in [7, 11) is -3.07. The first-order valence-electron chi connectivity index (χ1n) is 6.89. The van der Waals surface area contributed by atoms with Crippen molar-refractivity contribution in [3.63, 3.8) is 0 Å². The van der Waals surface area contributed by atoms with Gasteiger partial charge < -0.3 is 0 Å². The molecule has 0 unspecified atom stereocenters. The molecule has 0 spiro atoms. The standard InChI is InChI=1S/C13H11F4N5O3S.K/c1-3-26(24,25)20-9-5-10(8(14)4-7(9)6-18)22-12(23)21(2)11(19-22)13(15,16)17;/h4-5,20H,3H2,1-2H3;. The van der Waals surface area contributed by atoms with Crippen molar-refractivity contribution >= 4 is 67.1 Å². The molecule has 2 rings (SSSR count). The fourth-order valence-corrected chi connectivity index (χ4v) is 2.63. The average Bonchev–Trinajstić information content (AvgIpc) is 2.84. The Hall–Kier alpha value is -1.24. The fraction of sp³-hybridized carbons (Fsp3) is 0.308. The van der Waals surface area contributed by atoms with E-state index in [1.165, 1.54) is 6.92 Å². The van der Waals surface area contributed by atoms with Crippen molar-refractivity contribution in [3.05, 3.63) is 39.8 Å². The number of nitrogens with one attached hydrogen (secondary N) is 1. The van der Waals surface area contributed by atoms with E-state index < -0.39 is 50.5 Å². The number of halogens is 4. The van der Waals surface area contributed by atoms with Crippen molar-refractivity contribution in [1.29, 1.82) is 5.26 Å². The number of rotatable bonds is 4. The van der Waals surface area contributed by atoms with Gasteiger partial charge in [0.1, 0.15) is 11.8 Å². The number of benzene rings is 1. The molecule has 0 aliphatic rings. The van der Waals surface area contributed by atoms with E-state index in [4.69, 9.17) is 5.26 Å². The van der Waals surface area contributed by atoms with E-state index in [-0.39, 0.29) is 66.4 Å². The molecule has 1 N–H and O–H groups in total. The van der Waals surface area contributed by atoms with Crippen LogP contribution in [0.5, 0.6) is 0 Å². The molecule has 27 heavy (non-hydrogen) atoms. The number of aromatic nitrogens is 3. The summed E-state index contributed by atoms with van der Waals surface area (Å²) >= 11 is 0. The Balaban J connectivity index is 0.00000364. The summed E-state index contributed by atoms with van der Waals surface area (Å²) in [4.78, 5) is 12.0. The second-order valence-electron chi connectivity index (χ2n) is 5.04. The monoisotopic (exact) mass is 432 g/mol. The largest absolute Gasteiger partial charge is 0.451 e. The Kier molecular flexibility index (Phi) is 7.41. The first kappa shape index (κ1) is 23.8. The van der Waals surface area contributed by atoms with E-state index in [1.807, 2.05) is 4.72 Å². The number of alkyl halides is 3. The third kappa shape index (κ3) is 4.98. The third-order valence-corrected chi connectivity index (χ3v) is 4.61. The van der Waals surface area contributed by atoms with Crippen molar-refractivity contribution in [3.8, 4) is 11.8 Å². The van der Waals surface area contributed by atoms with Crippen molar-refractivity contribution in [2.45, 2.75) is 13.1 Å². The van der Waals surface area contributed by atoms with Crippen molar-refractivity contribution in [2.75, 3.05) is 10.5 Å². The van der Waals surface area contributed by atoms with Crippen LogP contribution in [0.15, 0.2) is 16.9 Å². The molecule has 0 saturated carbocycles. The molecule has 0 saturated heterocycles. The molecule has 1 aromatic heterocycles. The number of hydrogen-bond donors (Lipinski definition) is 1. The fourth-order valence-electron chi connectivity index (χ4n) is 1.98. The molecule has 2 aromatic rings. The number of nitrogens with zero attached hydrogens (tertiary/aromatic N) is 4. The number of hydrogen-bond acceptors (Lipinski definition) is 5. The van der Waals surface area contributed by atoms with Crippen LogP contribution in [0, 0.1) is 17.1 Å². The normalized spacial score (nSPS) is 11.6. The maximum absolute atomic E-state index is 14.2. The van der Waals surface area contributed by atoms with Crippen LogP contribution in [0.2, 0.25) is 0 Å². The molecular formula is C13H11F4KN5O3S. The molecule has 0 atom stereocenters. The van der Waals surface area contributed by atoms with E-state index in [1.54, 1.807) is 6.07 Å². The van der Waals surface area contributed by atoms with Gasteiger partial charge in [0.15, 0.2) is 5.82 Å². The minimum Gasteiger partial charge on any atom is -0.282 e. The van der Waals surface area contributed by atoms with Crippen molar-refractivity contribution < 1.29 is 26.0 Å². The summed E-state index contributed by atoms with van der Waals surface area (Å²) in [5.74, 6) is -3.16. The van der Waals surface area contributed by atoms with Gasteiger partial charge in [0.2, 0.25) is 15.8 Å². The van der Waals surface area contributed by atoms with E-state index in [0.29, 0.717) is 6.07 Å². The van der Waals surface area contributed by atoms with Gasteiger partial charge in [0.05, 0.1) is 17.0 Å². The predicted octanol–water partition coefficient (Wildman–Crippen LogP) is 0.981.